The second-order valence-electron chi connectivity index (χ2n) is 4.53. The highest BCUT2D eigenvalue weighted by atomic mass is 35.5. The molecule has 0 heterocycles. The molecule has 1 aromatic rings. The minimum atomic E-state index is -0.321. The number of fused-ring (bicyclic) bond motifs is 1. The van der Waals surface area contributed by atoms with Gasteiger partial charge in [0.25, 0.3) is 0 Å². The van der Waals surface area contributed by atoms with Crippen LogP contribution in [0.4, 0.5) is 0 Å². The van der Waals surface area contributed by atoms with E-state index in [9.17, 15) is 4.79 Å². The summed E-state index contributed by atoms with van der Waals surface area (Å²) < 4.78 is 0. The number of carbonyl (C=O) groups excluding carboxylic acids is 1. The lowest BCUT2D eigenvalue weighted by molar-refractivity contribution is 0.0974. The van der Waals surface area contributed by atoms with Crippen molar-refractivity contribution in [1.29, 1.82) is 0 Å². The van der Waals surface area contributed by atoms with Gasteiger partial charge in [-0.05, 0) is 61.9 Å². The minimum absolute atomic E-state index is 0. The van der Waals surface area contributed by atoms with Gasteiger partial charge < -0.3 is 5.73 Å². The smallest absolute Gasteiger partial charge is 0.180 e. The highest BCUT2D eigenvalue weighted by molar-refractivity contribution is 6.06. The first-order valence-corrected chi connectivity index (χ1v) is 5.34. The van der Waals surface area contributed by atoms with E-state index in [-0.39, 0.29) is 24.2 Å². The van der Waals surface area contributed by atoms with Crippen molar-refractivity contribution in [2.75, 3.05) is 0 Å². The summed E-state index contributed by atoms with van der Waals surface area (Å²) in [6, 6.07) is -0.321. The maximum absolute atomic E-state index is 11.9. The number of halogens is 1. The Morgan fingerprint density at radius 2 is 1.50 bits per heavy atom. The summed E-state index contributed by atoms with van der Waals surface area (Å²) in [6.45, 7) is 8.31. The lowest BCUT2D eigenvalue weighted by Crippen LogP contribution is -2.26. The molecule has 0 saturated carbocycles. The third-order valence-corrected chi connectivity index (χ3v) is 3.82. The molecule has 88 valence electrons. The molecule has 0 amide bonds. The Balaban J connectivity index is 0.00000128. The molecule has 0 aliphatic heterocycles. The van der Waals surface area contributed by atoms with Gasteiger partial charge in [-0.2, -0.15) is 0 Å². The maximum Gasteiger partial charge on any atom is 0.180 e. The Morgan fingerprint density at radius 3 is 2.06 bits per heavy atom. The summed E-state index contributed by atoms with van der Waals surface area (Å²) in [4.78, 5) is 11.9. The molecule has 2 rings (SSSR count). The molecule has 1 aliphatic carbocycles. The molecule has 16 heavy (non-hydrogen) atoms. The van der Waals surface area contributed by atoms with E-state index in [1.54, 1.807) is 0 Å². The minimum Gasteiger partial charge on any atom is -0.321 e. The van der Waals surface area contributed by atoms with Crippen molar-refractivity contribution < 1.29 is 4.79 Å². The normalized spacial score (nSPS) is 18.3. The zero-order chi connectivity index (χ0) is 11.3. The van der Waals surface area contributed by atoms with Crippen LogP contribution in [0.2, 0.25) is 0 Å². The Labute approximate surface area is 103 Å². The quantitative estimate of drug-likeness (QED) is 0.756. The Hall–Kier alpha value is -0.860. The molecule has 1 aliphatic rings. The van der Waals surface area contributed by atoms with Crippen molar-refractivity contribution in [2.45, 2.75) is 40.2 Å². The average molecular weight is 240 g/mol. The molecular weight excluding hydrogens is 222 g/mol. The third kappa shape index (κ3) is 1.57. The van der Waals surface area contributed by atoms with Gasteiger partial charge in [-0.3, -0.25) is 4.79 Å². The van der Waals surface area contributed by atoms with Crippen LogP contribution in [0.15, 0.2) is 0 Å². The van der Waals surface area contributed by atoms with E-state index in [1.165, 1.54) is 22.3 Å². The predicted molar refractivity (Wildman–Crippen MR) is 68.6 cm³/mol. The molecule has 0 saturated heterocycles. The van der Waals surface area contributed by atoms with Crippen LogP contribution in [-0.2, 0) is 6.42 Å². The number of nitrogens with two attached hydrogens (primary N) is 1. The highest BCUT2D eigenvalue weighted by Gasteiger charge is 2.31. The van der Waals surface area contributed by atoms with Crippen LogP contribution in [0.3, 0.4) is 0 Å². The predicted octanol–water partition coefficient (Wildman–Crippen LogP) is 2.41. The van der Waals surface area contributed by atoms with E-state index in [2.05, 4.69) is 20.8 Å². The number of carbonyl (C=O) groups is 1. The number of hydrogen-bond donors (Lipinski definition) is 1. The van der Waals surface area contributed by atoms with Crippen molar-refractivity contribution in [3.05, 3.63) is 33.4 Å². The Kier molecular flexibility index (Phi) is 3.46. The zero-order valence-corrected chi connectivity index (χ0v) is 11.0. The largest absolute Gasteiger partial charge is 0.321 e. The van der Waals surface area contributed by atoms with E-state index in [1.807, 2.05) is 6.92 Å². The van der Waals surface area contributed by atoms with Gasteiger partial charge in [0.1, 0.15) is 0 Å². The van der Waals surface area contributed by atoms with Crippen LogP contribution in [0.1, 0.15) is 38.2 Å². The van der Waals surface area contributed by atoms with Gasteiger partial charge in [0.15, 0.2) is 5.78 Å². The molecule has 2 nitrogen and oxygen atoms in total. The third-order valence-electron chi connectivity index (χ3n) is 3.82. The van der Waals surface area contributed by atoms with Crippen molar-refractivity contribution in [1.82, 2.24) is 0 Å². The number of Topliss-reactive ketones (excluding diaryl/α,β-unsaturated/α-hetero) is 1. The standard InChI is InChI=1S/C13H17NO.ClH/c1-6-7(2)9(4)12-10(8(6)3)5-11(14)13(12)15;/h11H,5,14H2,1-4H3;1H. The van der Waals surface area contributed by atoms with E-state index in [0.29, 0.717) is 6.42 Å². The second-order valence-corrected chi connectivity index (χ2v) is 4.53. The van der Waals surface area contributed by atoms with Gasteiger partial charge in [-0.15, -0.1) is 12.4 Å². The van der Waals surface area contributed by atoms with Gasteiger partial charge in [0.2, 0.25) is 0 Å². The van der Waals surface area contributed by atoms with Crippen molar-refractivity contribution in [3.8, 4) is 0 Å². The van der Waals surface area contributed by atoms with Crippen LogP contribution in [0.25, 0.3) is 0 Å². The van der Waals surface area contributed by atoms with Crippen LogP contribution >= 0.6 is 12.4 Å². The lowest BCUT2D eigenvalue weighted by Gasteiger charge is -2.14. The number of rotatable bonds is 0. The molecule has 2 N–H and O–H groups in total. The summed E-state index contributed by atoms with van der Waals surface area (Å²) in [6.07, 6.45) is 0.710. The molecule has 1 unspecified atom stereocenters. The summed E-state index contributed by atoms with van der Waals surface area (Å²) in [5.74, 6) is 0.119. The molecule has 3 heteroatoms. The Morgan fingerprint density at radius 1 is 1.00 bits per heavy atom. The van der Waals surface area contributed by atoms with Crippen molar-refractivity contribution in [3.63, 3.8) is 0 Å². The number of hydrogen-bond acceptors (Lipinski definition) is 2. The lowest BCUT2D eigenvalue weighted by atomic mass is 9.90. The molecule has 0 radical (unpaired) electrons. The van der Waals surface area contributed by atoms with Gasteiger partial charge >= 0.3 is 0 Å². The molecule has 1 atom stereocenters. The highest BCUT2D eigenvalue weighted by Crippen LogP contribution is 2.32. The van der Waals surface area contributed by atoms with E-state index in [0.717, 1.165) is 11.1 Å². The molecule has 0 fully saturated rings. The van der Waals surface area contributed by atoms with E-state index >= 15 is 0 Å². The first kappa shape index (κ1) is 13.2. The van der Waals surface area contributed by atoms with E-state index in [4.69, 9.17) is 5.73 Å². The summed E-state index contributed by atoms with van der Waals surface area (Å²) in [5.41, 5.74) is 12.8. The fourth-order valence-electron chi connectivity index (χ4n) is 2.48. The SMILES string of the molecule is Cc1c(C)c(C)c2c(c1C)CC(N)C2=O.Cl. The van der Waals surface area contributed by atoms with Gasteiger partial charge in [-0.25, -0.2) is 0 Å². The second kappa shape index (κ2) is 4.19. The molecule has 0 bridgehead atoms. The topological polar surface area (TPSA) is 43.1 Å². The van der Waals surface area contributed by atoms with Gasteiger partial charge in [-0.1, -0.05) is 0 Å². The fraction of sp³-hybridized carbons (Fsp3) is 0.462. The number of ketones is 1. The Bertz CT molecular complexity index is 466. The van der Waals surface area contributed by atoms with Crippen molar-refractivity contribution in [2.24, 2.45) is 5.73 Å². The van der Waals surface area contributed by atoms with Crippen molar-refractivity contribution >= 4 is 18.2 Å². The van der Waals surface area contributed by atoms with Crippen LogP contribution < -0.4 is 5.73 Å². The molecule has 0 spiro atoms. The summed E-state index contributed by atoms with van der Waals surface area (Å²) in [7, 11) is 0. The molecule has 0 aromatic heterocycles. The first-order valence-electron chi connectivity index (χ1n) is 5.34. The summed E-state index contributed by atoms with van der Waals surface area (Å²) in [5, 5.41) is 0. The number of benzene rings is 1. The first-order chi connectivity index (χ1) is 6.95. The van der Waals surface area contributed by atoms with Crippen LogP contribution in [0, 0.1) is 27.7 Å². The fourth-order valence-corrected chi connectivity index (χ4v) is 2.48. The van der Waals surface area contributed by atoms with Crippen LogP contribution in [-0.4, -0.2) is 11.8 Å². The van der Waals surface area contributed by atoms with E-state index < -0.39 is 0 Å². The zero-order valence-electron chi connectivity index (χ0n) is 10.2. The summed E-state index contributed by atoms with van der Waals surface area (Å²) >= 11 is 0. The molecular formula is C13H18ClNO. The van der Waals surface area contributed by atoms with Gasteiger partial charge in [0.05, 0.1) is 6.04 Å². The average Bonchev–Trinajstić information content (AvgIpc) is 2.50. The monoisotopic (exact) mass is 239 g/mol. The maximum atomic E-state index is 11.9. The van der Waals surface area contributed by atoms with Gasteiger partial charge in [0, 0.05) is 5.56 Å². The molecule has 1 aromatic carbocycles. The van der Waals surface area contributed by atoms with Crippen LogP contribution in [0.5, 0.6) is 0 Å².